The van der Waals surface area contributed by atoms with Crippen molar-refractivity contribution < 1.29 is 14.3 Å². The fourth-order valence-electron chi connectivity index (χ4n) is 0.660. The van der Waals surface area contributed by atoms with Gasteiger partial charge in [0.25, 0.3) is 0 Å². The van der Waals surface area contributed by atoms with E-state index in [2.05, 4.69) is 0 Å². The Morgan fingerprint density at radius 2 is 2.18 bits per heavy atom. The van der Waals surface area contributed by atoms with Crippen molar-refractivity contribution in [2.45, 2.75) is 0 Å². The van der Waals surface area contributed by atoms with Crippen molar-refractivity contribution in [1.82, 2.24) is 0 Å². The van der Waals surface area contributed by atoms with Gasteiger partial charge in [-0.1, -0.05) is 0 Å². The summed E-state index contributed by atoms with van der Waals surface area (Å²) >= 11 is 0. The van der Waals surface area contributed by atoms with Crippen LogP contribution in [0.3, 0.4) is 0 Å². The Balaban J connectivity index is 3.15. The Kier molecular flexibility index (Phi) is 1.76. The normalized spacial score (nSPS) is 9.55. The molecule has 0 saturated heterocycles. The van der Waals surface area contributed by atoms with Gasteiger partial charge in [0.1, 0.15) is 0 Å². The first-order valence-electron chi connectivity index (χ1n) is 2.89. The van der Waals surface area contributed by atoms with E-state index in [4.69, 9.17) is 10.8 Å². The summed E-state index contributed by atoms with van der Waals surface area (Å²) in [7, 11) is 0. The third-order valence-electron chi connectivity index (χ3n) is 1.23. The lowest BCUT2D eigenvalue weighted by Gasteiger charge is -1.96. The summed E-state index contributed by atoms with van der Waals surface area (Å²) in [6.45, 7) is 0. The van der Waals surface area contributed by atoms with Crippen LogP contribution in [0, 0.1) is 5.82 Å². The Bertz CT molecular complexity index is 298. The number of hydrogen-bond acceptors (Lipinski definition) is 2. The minimum atomic E-state index is -0.846. The fraction of sp³-hybridized carbons (Fsp3) is 0. The predicted molar refractivity (Wildman–Crippen MR) is 36.6 cm³/mol. The molecule has 1 aromatic rings. The number of carbonyl (C=O) groups excluding carboxylic acids is 1. The fourth-order valence-corrected chi connectivity index (χ4v) is 0.660. The van der Waals surface area contributed by atoms with Crippen LogP contribution in [0.15, 0.2) is 18.2 Å². The molecule has 11 heavy (non-hydrogen) atoms. The number of amides is 1. The lowest BCUT2D eigenvalue weighted by Crippen LogP contribution is -2.10. The molecule has 0 fully saturated rings. The van der Waals surface area contributed by atoms with E-state index in [0.29, 0.717) is 0 Å². The van der Waals surface area contributed by atoms with Crippen LogP contribution in [-0.4, -0.2) is 11.0 Å². The Morgan fingerprint density at radius 3 is 2.64 bits per heavy atom. The molecule has 0 spiro atoms. The second-order valence-electron chi connectivity index (χ2n) is 2.03. The molecule has 4 heteroatoms. The lowest BCUT2D eigenvalue weighted by molar-refractivity contribution is 0.1000. The van der Waals surface area contributed by atoms with Crippen molar-refractivity contribution in [1.29, 1.82) is 0 Å². The van der Waals surface area contributed by atoms with Gasteiger partial charge in [-0.2, -0.15) is 0 Å². The van der Waals surface area contributed by atoms with Crippen LogP contribution >= 0.6 is 0 Å². The topological polar surface area (TPSA) is 63.3 Å². The standard InChI is InChI=1S/C7H6FNO2/c8-5-3-4(7(9)11)1-2-6(5)10/h1-3,10H,(H2,9,11). The summed E-state index contributed by atoms with van der Waals surface area (Å²) in [6.07, 6.45) is 0. The summed E-state index contributed by atoms with van der Waals surface area (Å²) in [5, 5.41) is 8.70. The molecule has 58 valence electrons. The molecule has 3 nitrogen and oxygen atoms in total. The van der Waals surface area contributed by atoms with E-state index in [1.54, 1.807) is 0 Å². The summed E-state index contributed by atoms with van der Waals surface area (Å²) in [4.78, 5) is 10.4. The average molecular weight is 155 g/mol. The maximum absolute atomic E-state index is 12.5. The van der Waals surface area contributed by atoms with Crippen molar-refractivity contribution in [3.05, 3.63) is 29.6 Å². The smallest absolute Gasteiger partial charge is 0.248 e. The number of phenols is 1. The summed E-state index contributed by atoms with van der Waals surface area (Å²) in [6, 6.07) is 3.22. The van der Waals surface area contributed by atoms with Crippen molar-refractivity contribution >= 4 is 5.91 Å². The van der Waals surface area contributed by atoms with Crippen LogP contribution in [0.4, 0.5) is 4.39 Å². The second-order valence-corrected chi connectivity index (χ2v) is 2.03. The molecule has 0 aliphatic heterocycles. The SMILES string of the molecule is NC(=O)c1ccc(O)c(F)c1. The highest BCUT2D eigenvalue weighted by atomic mass is 19.1. The molecule has 1 rings (SSSR count). The van der Waals surface area contributed by atoms with Gasteiger partial charge in [-0.25, -0.2) is 4.39 Å². The van der Waals surface area contributed by atoms with Gasteiger partial charge in [0.2, 0.25) is 5.91 Å². The van der Waals surface area contributed by atoms with Crippen molar-refractivity contribution in [2.75, 3.05) is 0 Å². The highest BCUT2D eigenvalue weighted by Gasteiger charge is 2.04. The average Bonchev–Trinajstić information content (AvgIpc) is 1.94. The second kappa shape index (κ2) is 2.57. The van der Waals surface area contributed by atoms with E-state index in [1.165, 1.54) is 6.07 Å². The van der Waals surface area contributed by atoms with Crippen LogP contribution in [-0.2, 0) is 0 Å². The number of aromatic hydroxyl groups is 1. The Morgan fingerprint density at radius 1 is 1.55 bits per heavy atom. The predicted octanol–water partition coefficient (Wildman–Crippen LogP) is 0.630. The van der Waals surface area contributed by atoms with E-state index >= 15 is 0 Å². The molecule has 1 amide bonds. The van der Waals surface area contributed by atoms with Gasteiger partial charge < -0.3 is 10.8 Å². The van der Waals surface area contributed by atoms with Gasteiger partial charge in [-0.15, -0.1) is 0 Å². The van der Waals surface area contributed by atoms with Crippen LogP contribution in [0.25, 0.3) is 0 Å². The number of hydrogen-bond donors (Lipinski definition) is 2. The highest BCUT2D eigenvalue weighted by molar-refractivity contribution is 5.92. The van der Waals surface area contributed by atoms with E-state index in [-0.39, 0.29) is 5.56 Å². The number of rotatable bonds is 1. The third kappa shape index (κ3) is 1.46. The molecule has 0 aliphatic rings. The molecular weight excluding hydrogens is 149 g/mol. The number of halogens is 1. The highest BCUT2D eigenvalue weighted by Crippen LogP contribution is 2.15. The minimum absolute atomic E-state index is 0.0419. The number of phenolic OH excluding ortho intramolecular Hbond substituents is 1. The zero-order chi connectivity index (χ0) is 8.43. The van der Waals surface area contributed by atoms with E-state index in [9.17, 15) is 9.18 Å². The van der Waals surface area contributed by atoms with Gasteiger partial charge in [0, 0.05) is 5.56 Å². The molecule has 0 aliphatic carbocycles. The third-order valence-corrected chi connectivity index (χ3v) is 1.23. The molecule has 0 aromatic heterocycles. The number of nitrogens with two attached hydrogens (primary N) is 1. The van der Waals surface area contributed by atoms with E-state index in [0.717, 1.165) is 12.1 Å². The Hall–Kier alpha value is -1.58. The molecule has 3 N–H and O–H groups in total. The van der Waals surface area contributed by atoms with Gasteiger partial charge in [0.15, 0.2) is 11.6 Å². The monoisotopic (exact) mass is 155 g/mol. The summed E-state index contributed by atoms with van der Waals surface area (Å²) < 4.78 is 12.5. The largest absolute Gasteiger partial charge is 0.505 e. The minimum Gasteiger partial charge on any atom is -0.505 e. The van der Waals surface area contributed by atoms with Gasteiger partial charge in [0.05, 0.1) is 0 Å². The van der Waals surface area contributed by atoms with E-state index in [1.807, 2.05) is 0 Å². The van der Waals surface area contributed by atoms with Gasteiger partial charge >= 0.3 is 0 Å². The molecule has 0 heterocycles. The van der Waals surface area contributed by atoms with Crippen molar-refractivity contribution in [2.24, 2.45) is 5.73 Å². The van der Waals surface area contributed by atoms with E-state index < -0.39 is 17.5 Å². The quantitative estimate of drug-likeness (QED) is 0.624. The zero-order valence-corrected chi connectivity index (χ0v) is 5.54. The number of carbonyl (C=O) groups is 1. The number of primary amides is 1. The maximum Gasteiger partial charge on any atom is 0.248 e. The molecule has 0 saturated carbocycles. The molecular formula is C7H6FNO2. The van der Waals surface area contributed by atoms with Crippen molar-refractivity contribution in [3.8, 4) is 5.75 Å². The summed E-state index contributed by atoms with van der Waals surface area (Å²) in [5.41, 5.74) is 4.89. The molecule has 0 bridgehead atoms. The van der Waals surface area contributed by atoms with Gasteiger partial charge in [-0.05, 0) is 18.2 Å². The first-order chi connectivity index (χ1) is 5.11. The van der Waals surface area contributed by atoms with Crippen LogP contribution in [0.1, 0.15) is 10.4 Å². The Labute approximate surface area is 62.3 Å². The maximum atomic E-state index is 12.5. The van der Waals surface area contributed by atoms with Gasteiger partial charge in [-0.3, -0.25) is 4.79 Å². The van der Waals surface area contributed by atoms with Crippen molar-refractivity contribution in [3.63, 3.8) is 0 Å². The zero-order valence-electron chi connectivity index (χ0n) is 5.54. The summed E-state index contributed by atoms with van der Waals surface area (Å²) in [5.74, 6) is -2.06. The first kappa shape index (κ1) is 7.53. The molecule has 0 radical (unpaired) electrons. The molecule has 0 atom stereocenters. The lowest BCUT2D eigenvalue weighted by atomic mass is 10.2. The van der Waals surface area contributed by atoms with Crippen LogP contribution in [0.2, 0.25) is 0 Å². The molecule has 1 aromatic carbocycles. The molecule has 0 unspecified atom stereocenters. The number of benzene rings is 1. The van der Waals surface area contributed by atoms with Crippen LogP contribution in [0.5, 0.6) is 5.75 Å². The van der Waals surface area contributed by atoms with Crippen LogP contribution < -0.4 is 5.73 Å². The first-order valence-corrected chi connectivity index (χ1v) is 2.89.